The van der Waals surface area contributed by atoms with Gasteiger partial charge in [0.15, 0.2) is 0 Å². The van der Waals surface area contributed by atoms with Crippen molar-refractivity contribution in [2.75, 3.05) is 5.83 Å². The number of alkyl halides is 1. The molecule has 1 aromatic heterocycles. The third kappa shape index (κ3) is 4.25. The lowest BCUT2D eigenvalue weighted by Crippen LogP contribution is -1.74. The molecule has 1 aromatic rings. The van der Waals surface area contributed by atoms with Crippen LogP contribution in [0, 0.1) is 6.92 Å². The minimum Gasteiger partial charge on any atom is -0.469 e. The molecule has 0 radical (unpaired) electrons. The summed E-state index contributed by atoms with van der Waals surface area (Å²) in [5, 5.41) is 0. The fourth-order valence-electron chi connectivity index (χ4n) is 0.868. The molecule has 0 N–H and O–H groups in total. The first-order chi connectivity index (χ1) is 5.33. The maximum absolute atomic E-state index is 5.20. The summed E-state index contributed by atoms with van der Waals surface area (Å²) in [7, 11) is 0. The van der Waals surface area contributed by atoms with E-state index in [0.29, 0.717) is 0 Å². The number of aryl methyl sites for hydroxylation is 2. The van der Waals surface area contributed by atoms with Crippen LogP contribution >= 0.6 is 15.9 Å². The second kappa shape index (κ2) is 6.47. The molecule has 0 saturated heterocycles. The number of furan rings is 1. The quantitative estimate of drug-likeness (QED) is 0.693. The summed E-state index contributed by atoms with van der Waals surface area (Å²) >= 11 is 2.94. The lowest BCUT2D eigenvalue weighted by molar-refractivity contribution is 0.505. The van der Waals surface area contributed by atoms with Crippen LogP contribution in [0.15, 0.2) is 16.7 Å². The van der Waals surface area contributed by atoms with E-state index in [-0.39, 0.29) is 0 Å². The molecule has 0 amide bonds. The largest absolute Gasteiger partial charge is 0.469 e. The Morgan fingerprint density at radius 3 is 2.45 bits per heavy atom. The Morgan fingerprint density at radius 2 is 2.09 bits per heavy atom. The van der Waals surface area contributed by atoms with Gasteiger partial charge in [-0.1, -0.05) is 22.9 Å². The monoisotopic (exact) mass is 218 g/mol. The molecule has 1 rings (SSSR count). The van der Waals surface area contributed by atoms with Crippen LogP contribution < -0.4 is 0 Å². The third-order valence-corrected chi connectivity index (χ3v) is 1.28. The zero-order valence-electron chi connectivity index (χ0n) is 7.36. The highest BCUT2D eigenvalue weighted by molar-refractivity contribution is 9.08. The SMILES string of the molecule is CBr.CCCc1cc(C)co1. The molecule has 0 fully saturated rings. The van der Waals surface area contributed by atoms with Crippen LogP contribution in [0.3, 0.4) is 0 Å². The van der Waals surface area contributed by atoms with E-state index in [1.807, 2.05) is 12.8 Å². The first kappa shape index (κ1) is 10.8. The summed E-state index contributed by atoms with van der Waals surface area (Å²) in [6, 6.07) is 2.09. The molecule has 11 heavy (non-hydrogen) atoms. The highest BCUT2D eigenvalue weighted by Gasteiger charge is 1.94. The van der Waals surface area contributed by atoms with Crippen LogP contribution in [0.5, 0.6) is 0 Å². The summed E-state index contributed by atoms with van der Waals surface area (Å²) in [5.41, 5.74) is 1.22. The van der Waals surface area contributed by atoms with Gasteiger partial charge in [-0.15, -0.1) is 0 Å². The van der Waals surface area contributed by atoms with E-state index in [0.717, 1.165) is 18.6 Å². The highest BCUT2D eigenvalue weighted by Crippen LogP contribution is 2.07. The van der Waals surface area contributed by atoms with Crippen LogP contribution in [-0.2, 0) is 6.42 Å². The summed E-state index contributed by atoms with van der Waals surface area (Å²) in [6.45, 7) is 4.19. The maximum Gasteiger partial charge on any atom is 0.104 e. The number of hydrogen-bond donors (Lipinski definition) is 0. The van der Waals surface area contributed by atoms with Gasteiger partial charge in [0.05, 0.1) is 6.26 Å². The van der Waals surface area contributed by atoms with Gasteiger partial charge in [-0.05, 0) is 30.8 Å². The molecule has 0 aliphatic carbocycles. The van der Waals surface area contributed by atoms with Crippen LogP contribution in [0.4, 0.5) is 0 Å². The molecule has 0 aliphatic rings. The molecule has 0 bridgehead atoms. The van der Waals surface area contributed by atoms with E-state index in [1.54, 1.807) is 6.26 Å². The molecule has 0 saturated carbocycles. The number of halogens is 1. The topological polar surface area (TPSA) is 13.1 Å². The highest BCUT2D eigenvalue weighted by atomic mass is 79.9. The van der Waals surface area contributed by atoms with E-state index in [9.17, 15) is 0 Å². The van der Waals surface area contributed by atoms with Crippen molar-refractivity contribution in [1.82, 2.24) is 0 Å². The fourth-order valence-corrected chi connectivity index (χ4v) is 0.868. The first-order valence-electron chi connectivity index (χ1n) is 3.74. The molecule has 2 heteroatoms. The summed E-state index contributed by atoms with van der Waals surface area (Å²) in [5.74, 6) is 2.92. The Balaban J connectivity index is 0.000000461. The Hall–Kier alpha value is -0.240. The van der Waals surface area contributed by atoms with Crippen molar-refractivity contribution in [3.8, 4) is 0 Å². The van der Waals surface area contributed by atoms with Gasteiger partial charge in [-0.25, -0.2) is 0 Å². The van der Waals surface area contributed by atoms with Crippen molar-refractivity contribution in [3.63, 3.8) is 0 Å². The van der Waals surface area contributed by atoms with E-state index in [2.05, 4.69) is 28.9 Å². The predicted octanol–water partition coefficient (Wildman–Crippen LogP) is 3.55. The molecule has 0 spiro atoms. The lowest BCUT2D eigenvalue weighted by Gasteiger charge is -1.86. The standard InChI is InChI=1S/C8H12O.CH3Br/c1-3-4-8-5-7(2)6-9-8;1-2/h5-6H,3-4H2,1-2H3;1H3. The minimum absolute atomic E-state index is 1.06. The van der Waals surface area contributed by atoms with E-state index < -0.39 is 0 Å². The molecule has 0 atom stereocenters. The van der Waals surface area contributed by atoms with Crippen molar-refractivity contribution in [2.24, 2.45) is 0 Å². The van der Waals surface area contributed by atoms with Crippen molar-refractivity contribution < 1.29 is 4.42 Å². The van der Waals surface area contributed by atoms with Gasteiger partial charge in [0.1, 0.15) is 5.76 Å². The van der Waals surface area contributed by atoms with Gasteiger partial charge in [0, 0.05) is 6.42 Å². The van der Waals surface area contributed by atoms with E-state index >= 15 is 0 Å². The van der Waals surface area contributed by atoms with Crippen LogP contribution in [-0.4, -0.2) is 5.83 Å². The smallest absolute Gasteiger partial charge is 0.104 e. The molecule has 1 heterocycles. The maximum atomic E-state index is 5.20. The molecular weight excluding hydrogens is 204 g/mol. The lowest BCUT2D eigenvalue weighted by atomic mass is 10.2. The predicted molar refractivity (Wildman–Crippen MR) is 52.3 cm³/mol. The van der Waals surface area contributed by atoms with Crippen LogP contribution in [0.1, 0.15) is 24.7 Å². The second-order valence-electron chi connectivity index (χ2n) is 2.34. The van der Waals surface area contributed by atoms with Crippen LogP contribution in [0.2, 0.25) is 0 Å². The van der Waals surface area contributed by atoms with Gasteiger partial charge in [-0.3, -0.25) is 0 Å². The zero-order valence-corrected chi connectivity index (χ0v) is 8.94. The van der Waals surface area contributed by atoms with Crippen molar-refractivity contribution in [2.45, 2.75) is 26.7 Å². The number of rotatable bonds is 2. The van der Waals surface area contributed by atoms with Crippen molar-refractivity contribution >= 4 is 15.9 Å². The Labute approximate surface area is 76.9 Å². The Bertz CT molecular complexity index is 181. The molecule has 0 aliphatic heterocycles. The molecular formula is C9H15BrO. The summed E-state index contributed by atoms with van der Waals surface area (Å²) in [6.07, 6.45) is 4.02. The average Bonchev–Trinajstić information content (AvgIpc) is 2.41. The van der Waals surface area contributed by atoms with E-state index in [1.165, 1.54) is 5.56 Å². The third-order valence-electron chi connectivity index (χ3n) is 1.28. The summed E-state index contributed by atoms with van der Waals surface area (Å²) < 4.78 is 5.20. The minimum atomic E-state index is 1.06. The van der Waals surface area contributed by atoms with Crippen molar-refractivity contribution in [1.29, 1.82) is 0 Å². The molecule has 1 nitrogen and oxygen atoms in total. The molecule has 0 unspecified atom stereocenters. The van der Waals surface area contributed by atoms with Gasteiger partial charge < -0.3 is 4.42 Å². The molecule has 0 aromatic carbocycles. The van der Waals surface area contributed by atoms with Gasteiger partial charge in [0.2, 0.25) is 0 Å². The van der Waals surface area contributed by atoms with Gasteiger partial charge >= 0.3 is 0 Å². The van der Waals surface area contributed by atoms with Crippen LogP contribution in [0.25, 0.3) is 0 Å². The summed E-state index contributed by atoms with van der Waals surface area (Å²) in [4.78, 5) is 0. The number of hydrogen-bond acceptors (Lipinski definition) is 1. The van der Waals surface area contributed by atoms with Crippen molar-refractivity contribution in [3.05, 3.63) is 23.7 Å². The van der Waals surface area contributed by atoms with Gasteiger partial charge in [0.25, 0.3) is 0 Å². The average molecular weight is 219 g/mol. The van der Waals surface area contributed by atoms with Gasteiger partial charge in [-0.2, -0.15) is 0 Å². The normalized spacial score (nSPS) is 8.73. The Kier molecular flexibility index (Phi) is 6.33. The second-order valence-corrected chi connectivity index (χ2v) is 2.34. The molecule has 64 valence electrons. The fraction of sp³-hybridized carbons (Fsp3) is 0.556. The zero-order chi connectivity index (χ0) is 8.69. The van der Waals surface area contributed by atoms with E-state index in [4.69, 9.17) is 4.42 Å². The first-order valence-corrected chi connectivity index (χ1v) is 5.33. The Morgan fingerprint density at radius 1 is 1.45 bits per heavy atom.